The molecule has 0 radical (unpaired) electrons. The summed E-state index contributed by atoms with van der Waals surface area (Å²) in [5.74, 6) is 0.875. The van der Waals surface area contributed by atoms with Gasteiger partial charge >= 0.3 is 6.03 Å². The Balaban J connectivity index is 1.40. The van der Waals surface area contributed by atoms with Crippen LogP contribution in [0.4, 0.5) is 4.79 Å². The Morgan fingerprint density at radius 3 is 2.52 bits per heavy atom. The summed E-state index contributed by atoms with van der Waals surface area (Å²) in [5.41, 5.74) is 6.58. The highest BCUT2D eigenvalue weighted by Gasteiger charge is 2.23. The first-order valence-corrected chi connectivity index (χ1v) is 9.21. The molecule has 0 atom stereocenters. The van der Waals surface area contributed by atoms with Crippen LogP contribution in [-0.2, 0) is 6.54 Å². The van der Waals surface area contributed by atoms with Gasteiger partial charge in [0, 0.05) is 25.2 Å². The minimum atomic E-state index is -0.469. The molecule has 0 bridgehead atoms. The number of nitrogens with two attached hydrogens (primary N) is 1. The molecule has 142 valence electrons. The standard InChI is InChI=1S/C21H25N3O3/c22-20(25)18-6-4-5-17(13-18)14-23-21(26)24-11-9-16(10-12-24)15-27-19-7-2-1-3-8-19/h1-8,13,16H,9-12,14-15H2,(H2,22,25)(H,23,26). The Hall–Kier alpha value is -3.02. The number of benzene rings is 2. The maximum absolute atomic E-state index is 12.4. The number of amides is 3. The van der Waals surface area contributed by atoms with Gasteiger partial charge in [-0.15, -0.1) is 0 Å². The molecule has 1 saturated heterocycles. The number of ether oxygens (including phenoxy) is 1. The van der Waals surface area contributed by atoms with Crippen molar-refractivity contribution < 1.29 is 14.3 Å². The van der Waals surface area contributed by atoms with Crippen LogP contribution in [0.15, 0.2) is 54.6 Å². The van der Waals surface area contributed by atoms with Gasteiger partial charge in [-0.1, -0.05) is 30.3 Å². The highest BCUT2D eigenvalue weighted by molar-refractivity contribution is 5.92. The average Bonchev–Trinajstić information content (AvgIpc) is 2.72. The van der Waals surface area contributed by atoms with Gasteiger partial charge in [0.25, 0.3) is 0 Å². The van der Waals surface area contributed by atoms with Crippen molar-refractivity contribution in [3.63, 3.8) is 0 Å². The lowest BCUT2D eigenvalue weighted by Crippen LogP contribution is -2.44. The van der Waals surface area contributed by atoms with Crippen molar-refractivity contribution in [1.29, 1.82) is 0 Å². The number of nitrogens with zero attached hydrogens (tertiary/aromatic N) is 1. The molecule has 3 rings (SSSR count). The number of hydrogen-bond acceptors (Lipinski definition) is 3. The first kappa shape index (κ1) is 18.8. The van der Waals surface area contributed by atoms with Crippen molar-refractivity contribution in [1.82, 2.24) is 10.2 Å². The van der Waals surface area contributed by atoms with E-state index in [2.05, 4.69) is 5.32 Å². The summed E-state index contributed by atoms with van der Waals surface area (Å²) in [4.78, 5) is 25.4. The molecule has 1 aliphatic heterocycles. The molecule has 6 nitrogen and oxygen atoms in total. The van der Waals surface area contributed by atoms with E-state index in [1.54, 1.807) is 18.2 Å². The van der Waals surface area contributed by atoms with Crippen molar-refractivity contribution in [2.24, 2.45) is 11.7 Å². The summed E-state index contributed by atoms with van der Waals surface area (Å²) in [7, 11) is 0. The third-order valence-corrected chi connectivity index (χ3v) is 4.79. The molecular formula is C21H25N3O3. The van der Waals surface area contributed by atoms with E-state index in [4.69, 9.17) is 10.5 Å². The average molecular weight is 367 g/mol. The van der Waals surface area contributed by atoms with Crippen LogP contribution in [0.3, 0.4) is 0 Å². The second-order valence-corrected chi connectivity index (χ2v) is 6.78. The molecule has 0 aliphatic carbocycles. The number of piperidine rings is 1. The SMILES string of the molecule is NC(=O)c1cccc(CNC(=O)N2CCC(COc3ccccc3)CC2)c1. The summed E-state index contributed by atoms with van der Waals surface area (Å²) in [6.07, 6.45) is 1.86. The largest absolute Gasteiger partial charge is 0.493 e. The van der Waals surface area contributed by atoms with Gasteiger partial charge in [0.15, 0.2) is 0 Å². The quantitative estimate of drug-likeness (QED) is 0.823. The van der Waals surface area contributed by atoms with Gasteiger partial charge in [-0.2, -0.15) is 0 Å². The Bertz CT molecular complexity index is 771. The van der Waals surface area contributed by atoms with E-state index in [-0.39, 0.29) is 6.03 Å². The van der Waals surface area contributed by atoms with Gasteiger partial charge in [-0.3, -0.25) is 4.79 Å². The predicted molar refractivity (Wildman–Crippen MR) is 103 cm³/mol. The molecule has 3 N–H and O–H groups in total. The number of likely N-dealkylation sites (tertiary alicyclic amines) is 1. The molecule has 0 aromatic heterocycles. The molecule has 6 heteroatoms. The maximum atomic E-state index is 12.4. The van der Waals surface area contributed by atoms with Crippen molar-refractivity contribution >= 4 is 11.9 Å². The number of para-hydroxylation sites is 1. The minimum Gasteiger partial charge on any atom is -0.493 e. The van der Waals surface area contributed by atoms with Crippen molar-refractivity contribution in [3.05, 3.63) is 65.7 Å². The number of nitrogens with one attached hydrogen (secondary N) is 1. The fourth-order valence-electron chi connectivity index (χ4n) is 3.16. The third kappa shape index (κ3) is 5.48. The predicted octanol–water partition coefficient (Wildman–Crippen LogP) is 2.79. The molecule has 1 fully saturated rings. The molecule has 0 saturated carbocycles. The van der Waals surface area contributed by atoms with Crippen LogP contribution in [0.5, 0.6) is 5.75 Å². The van der Waals surface area contributed by atoms with Crippen LogP contribution in [-0.4, -0.2) is 36.5 Å². The van der Waals surface area contributed by atoms with Crippen LogP contribution in [0.25, 0.3) is 0 Å². The first-order valence-electron chi connectivity index (χ1n) is 9.21. The van der Waals surface area contributed by atoms with E-state index in [9.17, 15) is 9.59 Å². The lowest BCUT2D eigenvalue weighted by atomic mass is 9.98. The normalized spacial score (nSPS) is 14.6. The van der Waals surface area contributed by atoms with Crippen molar-refractivity contribution in [2.45, 2.75) is 19.4 Å². The van der Waals surface area contributed by atoms with Crippen LogP contribution in [0, 0.1) is 5.92 Å². The van der Waals surface area contributed by atoms with E-state index in [0.29, 0.717) is 24.6 Å². The van der Waals surface area contributed by atoms with Crippen LogP contribution < -0.4 is 15.8 Å². The molecule has 1 heterocycles. The number of carbonyl (C=O) groups excluding carboxylic acids is 2. The summed E-state index contributed by atoms with van der Waals surface area (Å²) >= 11 is 0. The monoisotopic (exact) mass is 367 g/mol. The Kier molecular flexibility index (Phi) is 6.30. The highest BCUT2D eigenvalue weighted by Crippen LogP contribution is 2.19. The number of hydrogen-bond donors (Lipinski definition) is 2. The number of rotatable bonds is 6. The van der Waals surface area contributed by atoms with Crippen molar-refractivity contribution in [3.8, 4) is 5.75 Å². The summed E-state index contributed by atoms with van der Waals surface area (Å²) in [6.45, 7) is 2.49. The van der Waals surface area contributed by atoms with Crippen LogP contribution in [0.2, 0.25) is 0 Å². The Morgan fingerprint density at radius 1 is 1.07 bits per heavy atom. The van der Waals surface area contributed by atoms with E-state index in [1.807, 2.05) is 41.3 Å². The number of carbonyl (C=O) groups is 2. The van der Waals surface area contributed by atoms with Gasteiger partial charge in [-0.05, 0) is 48.6 Å². The fourth-order valence-corrected chi connectivity index (χ4v) is 3.16. The maximum Gasteiger partial charge on any atom is 0.317 e. The molecular weight excluding hydrogens is 342 g/mol. The molecule has 0 unspecified atom stereocenters. The Morgan fingerprint density at radius 2 is 1.81 bits per heavy atom. The summed E-state index contributed by atoms with van der Waals surface area (Å²) in [6, 6.07) is 16.7. The molecule has 0 spiro atoms. The molecule has 2 aromatic rings. The lowest BCUT2D eigenvalue weighted by Gasteiger charge is -2.32. The third-order valence-electron chi connectivity index (χ3n) is 4.79. The zero-order chi connectivity index (χ0) is 19.1. The Labute approximate surface area is 159 Å². The molecule has 2 aromatic carbocycles. The topological polar surface area (TPSA) is 84.7 Å². The van der Waals surface area contributed by atoms with Gasteiger partial charge in [0.05, 0.1) is 6.61 Å². The molecule has 3 amide bonds. The second kappa shape index (κ2) is 9.07. The van der Waals surface area contributed by atoms with E-state index in [1.165, 1.54) is 0 Å². The first-order chi connectivity index (χ1) is 13.1. The zero-order valence-corrected chi connectivity index (χ0v) is 15.3. The lowest BCUT2D eigenvalue weighted by molar-refractivity contribution is 0.1000. The number of urea groups is 1. The van der Waals surface area contributed by atoms with Crippen LogP contribution in [0.1, 0.15) is 28.8 Å². The molecule has 1 aliphatic rings. The highest BCUT2D eigenvalue weighted by atomic mass is 16.5. The van der Waals surface area contributed by atoms with Gasteiger partial charge in [0.1, 0.15) is 5.75 Å². The van der Waals surface area contributed by atoms with Crippen LogP contribution >= 0.6 is 0 Å². The van der Waals surface area contributed by atoms with E-state index >= 15 is 0 Å². The van der Waals surface area contributed by atoms with Gasteiger partial charge < -0.3 is 20.7 Å². The summed E-state index contributed by atoms with van der Waals surface area (Å²) < 4.78 is 5.82. The fraction of sp³-hybridized carbons (Fsp3) is 0.333. The smallest absolute Gasteiger partial charge is 0.317 e. The number of primary amides is 1. The van der Waals surface area contributed by atoms with Gasteiger partial charge in [-0.25, -0.2) is 4.79 Å². The minimum absolute atomic E-state index is 0.0816. The second-order valence-electron chi connectivity index (χ2n) is 6.78. The summed E-state index contributed by atoms with van der Waals surface area (Å²) in [5, 5.41) is 2.91. The zero-order valence-electron chi connectivity index (χ0n) is 15.3. The van der Waals surface area contributed by atoms with Crippen molar-refractivity contribution in [2.75, 3.05) is 19.7 Å². The molecule has 27 heavy (non-hydrogen) atoms. The van der Waals surface area contributed by atoms with E-state index in [0.717, 1.165) is 37.2 Å². The van der Waals surface area contributed by atoms with Gasteiger partial charge in [0.2, 0.25) is 5.91 Å². The van der Waals surface area contributed by atoms with E-state index < -0.39 is 5.91 Å².